The van der Waals surface area contributed by atoms with E-state index in [1.807, 2.05) is 18.2 Å². The van der Waals surface area contributed by atoms with Gasteiger partial charge in [-0.25, -0.2) is 0 Å². The van der Waals surface area contributed by atoms with Crippen LogP contribution >= 0.6 is 0 Å². The van der Waals surface area contributed by atoms with Crippen molar-refractivity contribution >= 4 is 5.84 Å². The first kappa shape index (κ1) is 16.5. The van der Waals surface area contributed by atoms with E-state index >= 15 is 0 Å². The maximum atomic E-state index is 9.91. The van der Waals surface area contributed by atoms with Gasteiger partial charge in [-0.2, -0.15) is 0 Å². The summed E-state index contributed by atoms with van der Waals surface area (Å²) >= 11 is 0. The van der Waals surface area contributed by atoms with Crippen molar-refractivity contribution in [1.82, 2.24) is 5.32 Å². The molecule has 0 saturated heterocycles. The monoisotopic (exact) mass is 279 g/mol. The van der Waals surface area contributed by atoms with Crippen molar-refractivity contribution < 1.29 is 10.3 Å². The molecule has 1 unspecified atom stereocenters. The van der Waals surface area contributed by atoms with E-state index in [1.165, 1.54) is 0 Å². The molecule has 0 radical (unpaired) electrons. The van der Waals surface area contributed by atoms with Gasteiger partial charge in [0.05, 0.1) is 6.10 Å². The van der Waals surface area contributed by atoms with Gasteiger partial charge in [0, 0.05) is 18.7 Å². The predicted octanol–water partition coefficient (Wildman–Crippen LogP) is 1.67. The van der Waals surface area contributed by atoms with Gasteiger partial charge in [0.1, 0.15) is 0 Å². The van der Waals surface area contributed by atoms with E-state index in [2.05, 4.69) is 31.2 Å². The lowest BCUT2D eigenvalue weighted by atomic mass is 9.89. The molecule has 0 aliphatic rings. The first-order chi connectivity index (χ1) is 9.31. The SMILES string of the molecule is CC(C)(C)CC(O)CNCc1cccc(/C(N)=N/O)c1. The first-order valence-corrected chi connectivity index (χ1v) is 6.77. The minimum Gasteiger partial charge on any atom is -0.409 e. The lowest BCUT2D eigenvalue weighted by Gasteiger charge is -2.22. The highest BCUT2D eigenvalue weighted by atomic mass is 16.4. The zero-order valence-corrected chi connectivity index (χ0v) is 12.4. The van der Waals surface area contributed by atoms with Crippen LogP contribution in [-0.4, -0.2) is 28.8 Å². The molecule has 0 amide bonds. The van der Waals surface area contributed by atoms with Crippen LogP contribution in [0.4, 0.5) is 0 Å². The number of amidine groups is 1. The Labute approximate surface area is 120 Å². The van der Waals surface area contributed by atoms with Crippen LogP contribution in [0.15, 0.2) is 29.4 Å². The Morgan fingerprint density at radius 3 is 2.70 bits per heavy atom. The summed E-state index contributed by atoms with van der Waals surface area (Å²) in [6.07, 6.45) is 0.395. The van der Waals surface area contributed by atoms with Crippen LogP contribution in [-0.2, 0) is 6.54 Å². The third kappa shape index (κ3) is 6.04. The average Bonchev–Trinajstić information content (AvgIpc) is 2.36. The van der Waals surface area contributed by atoms with Crippen molar-refractivity contribution in [3.05, 3.63) is 35.4 Å². The molecular weight excluding hydrogens is 254 g/mol. The number of nitrogens with two attached hydrogens (primary N) is 1. The van der Waals surface area contributed by atoms with Gasteiger partial charge in [-0.1, -0.05) is 44.1 Å². The maximum Gasteiger partial charge on any atom is 0.170 e. The smallest absolute Gasteiger partial charge is 0.170 e. The molecule has 0 aromatic heterocycles. The van der Waals surface area contributed by atoms with Crippen molar-refractivity contribution in [3.63, 3.8) is 0 Å². The van der Waals surface area contributed by atoms with E-state index in [9.17, 15) is 5.11 Å². The Bertz CT molecular complexity index is 453. The summed E-state index contributed by atoms with van der Waals surface area (Å²) in [6, 6.07) is 7.46. The van der Waals surface area contributed by atoms with Gasteiger partial charge in [0.25, 0.3) is 0 Å². The Kier molecular flexibility index (Phi) is 5.98. The molecule has 1 atom stereocenters. The molecular formula is C15H25N3O2. The van der Waals surface area contributed by atoms with Gasteiger partial charge in [-0.05, 0) is 23.5 Å². The second-order valence-electron chi connectivity index (χ2n) is 6.24. The molecule has 0 aliphatic carbocycles. The van der Waals surface area contributed by atoms with E-state index < -0.39 is 0 Å². The highest BCUT2D eigenvalue weighted by Gasteiger charge is 2.16. The number of hydrogen-bond acceptors (Lipinski definition) is 4. The van der Waals surface area contributed by atoms with E-state index in [1.54, 1.807) is 6.07 Å². The lowest BCUT2D eigenvalue weighted by Crippen LogP contribution is -2.29. The molecule has 1 aromatic rings. The van der Waals surface area contributed by atoms with Crippen LogP contribution in [0.3, 0.4) is 0 Å². The van der Waals surface area contributed by atoms with Crippen LogP contribution < -0.4 is 11.1 Å². The number of aliphatic hydroxyl groups excluding tert-OH is 1. The summed E-state index contributed by atoms with van der Waals surface area (Å²) in [4.78, 5) is 0. The second kappa shape index (κ2) is 7.26. The molecule has 0 aliphatic heterocycles. The number of hydrogen-bond donors (Lipinski definition) is 4. The van der Waals surface area contributed by atoms with Gasteiger partial charge >= 0.3 is 0 Å². The summed E-state index contributed by atoms with van der Waals surface area (Å²) in [6.45, 7) is 7.50. The fraction of sp³-hybridized carbons (Fsp3) is 0.533. The fourth-order valence-corrected chi connectivity index (χ4v) is 2.06. The van der Waals surface area contributed by atoms with Crippen molar-refractivity contribution in [2.24, 2.45) is 16.3 Å². The van der Waals surface area contributed by atoms with E-state index in [0.717, 1.165) is 12.0 Å². The van der Waals surface area contributed by atoms with Crippen LogP contribution in [0.2, 0.25) is 0 Å². The molecule has 5 nitrogen and oxygen atoms in total. The van der Waals surface area contributed by atoms with Gasteiger partial charge in [0.15, 0.2) is 5.84 Å². The average molecular weight is 279 g/mol. The van der Waals surface area contributed by atoms with Crippen molar-refractivity contribution in [3.8, 4) is 0 Å². The number of aliphatic hydroxyl groups is 1. The molecule has 1 aromatic carbocycles. The van der Waals surface area contributed by atoms with Gasteiger partial charge in [0.2, 0.25) is 0 Å². The molecule has 20 heavy (non-hydrogen) atoms. The summed E-state index contributed by atoms with van der Waals surface area (Å²) in [5, 5.41) is 24.8. The van der Waals surface area contributed by atoms with Gasteiger partial charge in [-0.15, -0.1) is 0 Å². The van der Waals surface area contributed by atoms with E-state index in [0.29, 0.717) is 18.7 Å². The Morgan fingerprint density at radius 2 is 2.10 bits per heavy atom. The second-order valence-corrected chi connectivity index (χ2v) is 6.24. The zero-order chi connectivity index (χ0) is 15.2. The molecule has 5 N–H and O–H groups in total. The molecule has 0 heterocycles. The number of oxime groups is 1. The lowest BCUT2D eigenvalue weighted by molar-refractivity contribution is 0.119. The molecule has 5 heteroatoms. The normalized spacial score (nSPS) is 14.3. The third-order valence-electron chi connectivity index (χ3n) is 2.89. The Hall–Kier alpha value is -1.59. The topological polar surface area (TPSA) is 90.9 Å². The maximum absolute atomic E-state index is 9.91. The third-order valence-corrected chi connectivity index (χ3v) is 2.89. The zero-order valence-electron chi connectivity index (χ0n) is 12.4. The molecule has 0 spiro atoms. The van der Waals surface area contributed by atoms with Crippen molar-refractivity contribution in [2.45, 2.75) is 39.8 Å². The highest BCUT2D eigenvalue weighted by Crippen LogP contribution is 2.20. The minimum absolute atomic E-state index is 0.0969. The summed E-state index contributed by atoms with van der Waals surface area (Å²) < 4.78 is 0. The summed E-state index contributed by atoms with van der Waals surface area (Å²) in [7, 11) is 0. The number of nitrogens with zero attached hydrogens (tertiary/aromatic N) is 1. The molecule has 0 saturated carbocycles. The largest absolute Gasteiger partial charge is 0.409 e. The van der Waals surface area contributed by atoms with E-state index in [-0.39, 0.29) is 17.4 Å². The molecule has 0 fully saturated rings. The molecule has 0 bridgehead atoms. The predicted molar refractivity (Wildman–Crippen MR) is 80.7 cm³/mol. The Morgan fingerprint density at radius 1 is 1.40 bits per heavy atom. The van der Waals surface area contributed by atoms with Crippen LogP contribution in [0.25, 0.3) is 0 Å². The van der Waals surface area contributed by atoms with E-state index in [4.69, 9.17) is 10.9 Å². The van der Waals surface area contributed by atoms with Crippen LogP contribution in [0.1, 0.15) is 38.3 Å². The summed E-state index contributed by atoms with van der Waals surface area (Å²) in [5.74, 6) is 0.0969. The quantitative estimate of drug-likeness (QED) is 0.276. The van der Waals surface area contributed by atoms with Crippen molar-refractivity contribution in [2.75, 3.05) is 6.54 Å². The first-order valence-electron chi connectivity index (χ1n) is 6.77. The Balaban J connectivity index is 2.46. The molecule has 112 valence electrons. The molecule has 1 rings (SSSR count). The van der Waals surface area contributed by atoms with Crippen molar-refractivity contribution in [1.29, 1.82) is 0 Å². The fourth-order valence-electron chi connectivity index (χ4n) is 2.06. The number of benzene rings is 1. The standard InChI is InChI=1S/C15H25N3O2/c1-15(2,3)8-13(19)10-17-9-11-5-4-6-12(7-11)14(16)18-20/h4-7,13,17,19-20H,8-10H2,1-3H3,(H2,16,18). The van der Waals surface area contributed by atoms with Gasteiger partial charge in [-0.3, -0.25) is 0 Å². The highest BCUT2D eigenvalue weighted by molar-refractivity contribution is 5.97. The number of rotatable bonds is 6. The van der Waals surface area contributed by atoms with Crippen LogP contribution in [0, 0.1) is 5.41 Å². The number of nitrogens with one attached hydrogen (secondary N) is 1. The minimum atomic E-state index is -0.359. The van der Waals surface area contributed by atoms with Gasteiger partial charge < -0.3 is 21.4 Å². The summed E-state index contributed by atoms with van der Waals surface area (Å²) in [5.41, 5.74) is 7.37. The van der Waals surface area contributed by atoms with Crippen LogP contribution in [0.5, 0.6) is 0 Å².